The van der Waals surface area contributed by atoms with E-state index in [0.717, 1.165) is 31.2 Å². The van der Waals surface area contributed by atoms with Crippen LogP contribution in [-0.4, -0.2) is 46.9 Å². The summed E-state index contributed by atoms with van der Waals surface area (Å²) >= 11 is 0. The topological polar surface area (TPSA) is 86.7 Å². The number of nitrogens with one attached hydrogen (secondary N) is 1. The maximum Gasteiger partial charge on any atom is 0.326 e. The highest BCUT2D eigenvalue weighted by atomic mass is 16.4. The average Bonchev–Trinajstić information content (AvgIpc) is 3.06. The van der Waals surface area contributed by atoms with Gasteiger partial charge in [0.25, 0.3) is 5.91 Å². The SMILES string of the molecule is CNC(=O)c1ccc(/C=C\C(=O)N2C(C(=O)O)CC3CCCCC32)cc1. The summed E-state index contributed by atoms with van der Waals surface area (Å²) in [6, 6.07) is 6.22. The lowest BCUT2D eigenvalue weighted by Gasteiger charge is -2.32. The molecule has 1 aromatic rings. The van der Waals surface area contributed by atoms with Gasteiger partial charge in [0.1, 0.15) is 6.04 Å². The van der Waals surface area contributed by atoms with Crippen LogP contribution in [-0.2, 0) is 9.59 Å². The van der Waals surface area contributed by atoms with Crippen molar-refractivity contribution in [2.45, 2.75) is 44.2 Å². The molecule has 6 heteroatoms. The summed E-state index contributed by atoms with van der Waals surface area (Å²) in [5, 5.41) is 12.1. The van der Waals surface area contributed by atoms with E-state index in [-0.39, 0.29) is 17.9 Å². The normalized spacial score (nSPS) is 25.1. The fourth-order valence-corrected chi connectivity index (χ4v) is 4.14. The number of fused-ring (bicyclic) bond motifs is 1. The van der Waals surface area contributed by atoms with Crippen molar-refractivity contribution in [3.05, 3.63) is 41.5 Å². The van der Waals surface area contributed by atoms with E-state index in [2.05, 4.69) is 5.32 Å². The zero-order chi connectivity index (χ0) is 18.7. The van der Waals surface area contributed by atoms with Gasteiger partial charge in [0.2, 0.25) is 5.91 Å². The Bertz CT molecular complexity index is 726. The first-order chi connectivity index (χ1) is 12.5. The molecular formula is C20H24N2O4. The molecule has 0 aromatic heterocycles. The molecule has 0 spiro atoms. The number of hydrogen-bond donors (Lipinski definition) is 2. The second-order valence-electron chi connectivity index (χ2n) is 6.98. The largest absolute Gasteiger partial charge is 0.480 e. The second kappa shape index (κ2) is 7.72. The van der Waals surface area contributed by atoms with Crippen LogP contribution in [0.2, 0.25) is 0 Å². The molecule has 3 atom stereocenters. The molecular weight excluding hydrogens is 332 g/mol. The number of amides is 2. The van der Waals surface area contributed by atoms with E-state index in [1.54, 1.807) is 42.3 Å². The number of hydrogen-bond acceptors (Lipinski definition) is 3. The molecule has 1 saturated carbocycles. The van der Waals surface area contributed by atoms with Crippen molar-refractivity contribution in [1.29, 1.82) is 0 Å². The molecule has 1 aliphatic heterocycles. The molecule has 26 heavy (non-hydrogen) atoms. The van der Waals surface area contributed by atoms with E-state index in [4.69, 9.17) is 0 Å². The standard InChI is InChI=1S/C20H24N2O4/c1-21-19(24)14-9-6-13(7-10-14)8-11-18(23)22-16-5-3-2-4-15(16)12-17(22)20(25)26/h6-11,15-17H,2-5,12H2,1H3,(H,21,24)(H,25,26)/b11-8-. The summed E-state index contributed by atoms with van der Waals surface area (Å²) in [6.07, 6.45) is 7.72. The summed E-state index contributed by atoms with van der Waals surface area (Å²) < 4.78 is 0. The van der Waals surface area contributed by atoms with Crippen molar-refractivity contribution in [1.82, 2.24) is 10.2 Å². The van der Waals surface area contributed by atoms with Crippen molar-refractivity contribution >= 4 is 23.9 Å². The monoisotopic (exact) mass is 356 g/mol. The first-order valence-electron chi connectivity index (χ1n) is 9.06. The van der Waals surface area contributed by atoms with Crippen molar-refractivity contribution in [3.8, 4) is 0 Å². The van der Waals surface area contributed by atoms with E-state index in [9.17, 15) is 19.5 Å². The maximum absolute atomic E-state index is 12.7. The third-order valence-corrected chi connectivity index (χ3v) is 5.45. The minimum absolute atomic E-state index is 0.0395. The molecule has 2 amide bonds. The predicted molar refractivity (Wildman–Crippen MR) is 97.5 cm³/mol. The lowest BCUT2D eigenvalue weighted by atomic mass is 9.85. The van der Waals surface area contributed by atoms with E-state index in [1.165, 1.54) is 6.08 Å². The smallest absolute Gasteiger partial charge is 0.326 e. The Balaban J connectivity index is 1.74. The Morgan fingerprint density at radius 2 is 1.85 bits per heavy atom. The van der Waals surface area contributed by atoms with Gasteiger partial charge in [-0.2, -0.15) is 0 Å². The van der Waals surface area contributed by atoms with Gasteiger partial charge >= 0.3 is 5.97 Å². The number of aliphatic carboxylic acids is 1. The highest BCUT2D eigenvalue weighted by Crippen LogP contribution is 2.39. The van der Waals surface area contributed by atoms with Gasteiger partial charge in [0, 0.05) is 24.7 Å². The summed E-state index contributed by atoms with van der Waals surface area (Å²) in [7, 11) is 1.57. The van der Waals surface area contributed by atoms with E-state index < -0.39 is 12.0 Å². The van der Waals surface area contributed by atoms with Crippen molar-refractivity contribution in [3.63, 3.8) is 0 Å². The van der Waals surface area contributed by atoms with Crippen molar-refractivity contribution in [2.75, 3.05) is 7.05 Å². The second-order valence-corrected chi connectivity index (χ2v) is 6.98. The first-order valence-corrected chi connectivity index (χ1v) is 9.06. The molecule has 1 heterocycles. The molecule has 2 aliphatic rings. The van der Waals surface area contributed by atoms with Crippen LogP contribution in [0.25, 0.3) is 6.08 Å². The Hall–Kier alpha value is -2.63. The van der Waals surface area contributed by atoms with Crippen LogP contribution in [0.15, 0.2) is 30.3 Å². The third kappa shape index (κ3) is 3.64. The zero-order valence-corrected chi connectivity index (χ0v) is 14.9. The number of carboxylic acid groups (broad SMARTS) is 1. The summed E-state index contributed by atoms with van der Waals surface area (Å²) in [5.74, 6) is -1.03. The maximum atomic E-state index is 12.7. The molecule has 6 nitrogen and oxygen atoms in total. The molecule has 1 saturated heterocycles. The lowest BCUT2D eigenvalue weighted by Crippen LogP contribution is -2.45. The highest BCUT2D eigenvalue weighted by Gasteiger charge is 2.46. The Kier molecular flexibility index (Phi) is 5.40. The fraction of sp³-hybridized carbons (Fsp3) is 0.450. The molecule has 1 aliphatic carbocycles. The van der Waals surface area contributed by atoms with Gasteiger partial charge in [-0.05, 0) is 49.0 Å². The molecule has 1 aromatic carbocycles. The number of benzene rings is 1. The Labute approximate surface area is 152 Å². The number of carboxylic acids is 1. The van der Waals surface area contributed by atoms with Crippen LogP contribution < -0.4 is 5.32 Å². The van der Waals surface area contributed by atoms with Gasteiger partial charge in [-0.15, -0.1) is 0 Å². The van der Waals surface area contributed by atoms with Gasteiger partial charge in [0.15, 0.2) is 0 Å². The molecule has 3 unspecified atom stereocenters. The minimum atomic E-state index is -0.920. The minimum Gasteiger partial charge on any atom is -0.480 e. The van der Waals surface area contributed by atoms with Gasteiger partial charge in [-0.3, -0.25) is 9.59 Å². The van der Waals surface area contributed by atoms with Crippen LogP contribution in [0.4, 0.5) is 0 Å². The fourth-order valence-electron chi connectivity index (χ4n) is 4.14. The van der Waals surface area contributed by atoms with Crippen LogP contribution in [0.5, 0.6) is 0 Å². The highest BCUT2D eigenvalue weighted by molar-refractivity contribution is 5.96. The number of likely N-dealkylation sites (tertiary alicyclic amines) is 1. The molecule has 138 valence electrons. The van der Waals surface area contributed by atoms with Crippen molar-refractivity contribution in [2.24, 2.45) is 5.92 Å². The average molecular weight is 356 g/mol. The van der Waals surface area contributed by atoms with Crippen LogP contribution in [0.3, 0.4) is 0 Å². The zero-order valence-electron chi connectivity index (χ0n) is 14.9. The number of rotatable bonds is 4. The number of carbonyl (C=O) groups is 3. The molecule has 2 N–H and O–H groups in total. The van der Waals surface area contributed by atoms with E-state index in [1.807, 2.05) is 0 Å². The number of carbonyl (C=O) groups excluding carboxylic acids is 2. The summed E-state index contributed by atoms with van der Waals surface area (Å²) in [4.78, 5) is 37.5. The third-order valence-electron chi connectivity index (χ3n) is 5.45. The predicted octanol–water partition coefficient (Wildman–Crippen LogP) is 2.30. The van der Waals surface area contributed by atoms with Crippen LogP contribution in [0.1, 0.15) is 48.0 Å². The summed E-state index contributed by atoms with van der Waals surface area (Å²) in [6.45, 7) is 0. The quantitative estimate of drug-likeness (QED) is 0.811. The van der Waals surface area contributed by atoms with Crippen LogP contribution in [0, 0.1) is 5.92 Å². The van der Waals surface area contributed by atoms with Crippen LogP contribution >= 0.6 is 0 Å². The van der Waals surface area contributed by atoms with Crippen molar-refractivity contribution < 1.29 is 19.5 Å². The van der Waals surface area contributed by atoms with Gasteiger partial charge in [-0.25, -0.2) is 4.79 Å². The molecule has 2 fully saturated rings. The summed E-state index contributed by atoms with van der Waals surface area (Å²) in [5.41, 5.74) is 1.34. The Morgan fingerprint density at radius 1 is 1.15 bits per heavy atom. The first kappa shape index (κ1) is 18.2. The van der Waals surface area contributed by atoms with Gasteiger partial charge in [-0.1, -0.05) is 25.0 Å². The molecule has 0 bridgehead atoms. The van der Waals surface area contributed by atoms with E-state index >= 15 is 0 Å². The molecule has 0 radical (unpaired) electrons. The van der Waals surface area contributed by atoms with E-state index in [0.29, 0.717) is 17.9 Å². The lowest BCUT2D eigenvalue weighted by molar-refractivity contribution is -0.147. The Morgan fingerprint density at radius 3 is 2.50 bits per heavy atom. The molecule has 3 rings (SSSR count). The van der Waals surface area contributed by atoms with Gasteiger partial charge in [0.05, 0.1) is 0 Å². The number of nitrogens with zero attached hydrogens (tertiary/aromatic N) is 1. The van der Waals surface area contributed by atoms with Gasteiger partial charge < -0.3 is 15.3 Å².